The van der Waals surface area contributed by atoms with Crippen LogP contribution in [0, 0.1) is 5.82 Å². The number of rotatable bonds is 2. The first kappa shape index (κ1) is 12.4. The largest absolute Gasteiger partial charge is 0.294 e. The maximum Gasteiger partial charge on any atom is 0.267 e. The third kappa shape index (κ3) is 2.81. The van der Waals surface area contributed by atoms with Crippen LogP contribution in [-0.4, -0.2) is 9.55 Å². The molecule has 0 amide bonds. The molecule has 0 aliphatic carbocycles. The molecule has 17 heavy (non-hydrogen) atoms. The first-order valence-corrected chi connectivity index (χ1v) is 6.30. The van der Waals surface area contributed by atoms with Crippen LogP contribution in [-0.2, 0) is 6.54 Å². The lowest BCUT2D eigenvalue weighted by Crippen LogP contribution is -2.21. The van der Waals surface area contributed by atoms with Gasteiger partial charge >= 0.3 is 0 Å². The van der Waals surface area contributed by atoms with E-state index in [-0.39, 0.29) is 11.4 Å². The number of nitrogens with zero attached hydrogens (tertiary/aromatic N) is 2. The molecule has 1 heterocycles. The van der Waals surface area contributed by atoms with Gasteiger partial charge in [-0.3, -0.25) is 9.36 Å². The van der Waals surface area contributed by atoms with Gasteiger partial charge in [0, 0.05) is 10.7 Å². The van der Waals surface area contributed by atoms with Gasteiger partial charge in [-0.05, 0) is 33.6 Å². The molecule has 0 atom stereocenters. The molecule has 1 aromatic carbocycles. The van der Waals surface area contributed by atoms with E-state index in [4.69, 9.17) is 0 Å². The topological polar surface area (TPSA) is 34.9 Å². The van der Waals surface area contributed by atoms with E-state index in [0.717, 1.165) is 5.56 Å². The fourth-order valence-corrected chi connectivity index (χ4v) is 2.19. The summed E-state index contributed by atoms with van der Waals surface area (Å²) in [4.78, 5) is 15.7. The molecule has 0 fully saturated rings. The second kappa shape index (κ2) is 5.10. The van der Waals surface area contributed by atoms with E-state index in [2.05, 4.69) is 36.8 Å². The van der Waals surface area contributed by atoms with Crippen molar-refractivity contribution in [3.8, 4) is 0 Å². The summed E-state index contributed by atoms with van der Waals surface area (Å²) >= 11 is 6.38. The zero-order valence-corrected chi connectivity index (χ0v) is 11.7. The van der Waals surface area contributed by atoms with Crippen LogP contribution in [0.3, 0.4) is 0 Å². The van der Waals surface area contributed by atoms with Gasteiger partial charge in [0.05, 0.1) is 12.9 Å². The third-order valence-corrected chi connectivity index (χ3v) is 3.50. The van der Waals surface area contributed by atoms with E-state index in [1.54, 1.807) is 6.07 Å². The van der Waals surface area contributed by atoms with Gasteiger partial charge in [-0.2, -0.15) is 0 Å². The highest BCUT2D eigenvalue weighted by atomic mass is 79.9. The van der Waals surface area contributed by atoms with Crippen LogP contribution in [0.5, 0.6) is 0 Å². The Morgan fingerprint density at radius 3 is 2.76 bits per heavy atom. The Kier molecular flexibility index (Phi) is 3.73. The van der Waals surface area contributed by atoms with Crippen molar-refractivity contribution in [2.75, 3.05) is 0 Å². The molecule has 0 bridgehead atoms. The van der Waals surface area contributed by atoms with Crippen molar-refractivity contribution in [3.05, 3.63) is 61.4 Å². The fraction of sp³-hybridized carbons (Fsp3) is 0.0909. The number of aromatic nitrogens is 2. The van der Waals surface area contributed by atoms with Crippen molar-refractivity contribution in [1.29, 1.82) is 0 Å². The minimum atomic E-state index is -0.319. The van der Waals surface area contributed by atoms with Crippen LogP contribution < -0.4 is 5.56 Å². The Bertz CT molecular complexity index is 613. The maximum atomic E-state index is 12.9. The van der Waals surface area contributed by atoms with Gasteiger partial charge in [0.25, 0.3) is 5.56 Å². The highest BCUT2D eigenvalue weighted by Gasteiger charge is 2.05. The second-order valence-electron chi connectivity index (χ2n) is 3.41. The summed E-state index contributed by atoms with van der Waals surface area (Å²) in [6.07, 6.45) is 2.89. The van der Waals surface area contributed by atoms with Crippen LogP contribution >= 0.6 is 31.9 Å². The molecule has 88 valence electrons. The maximum absolute atomic E-state index is 12.9. The van der Waals surface area contributed by atoms with Crippen molar-refractivity contribution in [1.82, 2.24) is 9.55 Å². The van der Waals surface area contributed by atoms with Crippen molar-refractivity contribution in [2.45, 2.75) is 6.54 Å². The molecule has 0 saturated carbocycles. The average Bonchev–Trinajstić information content (AvgIpc) is 2.28. The predicted octanol–water partition coefficient (Wildman–Crippen LogP) is 2.96. The first-order chi connectivity index (χ1) is 8.08. The predicted molar refractivity (Wildman–Crippen MR) is 69.4 cm³/mol. The van der Waals surface area contributed by atoms with Gasteiger partial charge in [-0.25, -0.2) is 9.37 Å². The van der Waals surface area contributed by atoms with E-state index in [1.807, 2.05) is 0 Å². The molecule has 0 spiro atoms. The summed E-state index contributed by atoms with van der Waals surface area (Å²) in [5.41, 5.74) is 0.643. The Labute approximate surface area is 114 Å². The number of halogens is 3. The molecule has 2 rings (SSSR count). The molecular weight excluding hydrogens is 355 g/mol. The molecule has 0 aliphatic rings. The van der Waals surface area contributed by atoms with E-state index >= 15 is 0 Å². The second-order valence-corrected chi connectivity index (χ2v) is 5.12. The SMILES string of the molecule is O=c1c(Br)cncn1Cc1ccc(F)cc1Br. The molecule has 0 radical (unpaired) electrons. The molecule has 0 saturated heterocycles. The van der Waals surface area contributed by atoms with Gasteiger partial charge in [0.2, 0.25) is 0 Å². The molecule has 0 aliphatic heterocycles. The summed E-state index contributed by atoms with van der Waals surface area (Å²) in [6, 6.07) is 4.36. The molecule has 6 heteroatoms. The highest BCUT2D eigenvalue weighted by Crippen LogP contribution is 2.18. The Hall–Kier alpha value is -1.01. The smallest absolute Gasteiger partial charge is 0.267 e. The lowest BCUT2D eigenvalue weighted by atomic mass is 10.2. The lowest BCUT2D eigenvalue weighted by Gasteiger charge is -2.07. The van der Waals surface area contributed by atoms with Gasteiger partial charge in [0.15, 0.2) is 0 Å². The van der Waals surface area contributed by atoms with Crippen molar-refractivity contribution in [2.24, 2.45) is 0 Å². The standard InChI is InChI=1S/C11H7Br2FN2O/c12-9-3-8(14)2-1-7(9)5-16-6-15-4-10(13)11(16)17/h1-4,6H,5H2. The van der Waals surface area contributed by atoms with Gasteiger partial charge in [0.1, 0.15) is 10.3 Å². The number of hydrogen-bond donors (Lipinski definition) is 0. The third-order valence-electron chi connectivity index (χ3n) is 2.21. The highest BCUT2D eigenvalue weighted by molar-refractivity contribution is 9.10. The minimum Gasteiger partial charge on any atom is -0.294 e. The van der Waals surface area contributed by atoms with Crippen LogP contribution in [0.15, 0.2) is 44.5 Å². The lowest BCUT2D eigenvalue weighted by molar-refractivity contribution is 0.624. The normalized spacial score (nSPS) is 10.5. The monoisotopic (exact) mass is 360 g/mol. The summed E-state index contributed by atoms with van der Waals surface area (Å²) in [6.45, 7) is 0.339. The van der Waals surface area contributed by atoms with Crippen LogP contribution in [0.25, 0.3) is 0 Å². The van der Waals surface area contributed by atoms with Crippen LogP contribution in [0.4, 0.5) is 4.39 Å². The van der Waals surface area contributed by atoms with E-state index in [0.29, 0.717) is 15.5 Å². The first-order valence-electron chi connectivity index (χ1n) is 4.72. The molecule has 2 aromatic rings. The van der Waals surface area contributed by atoms with E-state index in [1.165, 1.54) is 29.2 Å². The summed E-state index contributed by atoms with van der Waals surface area (Å²) in [5.74, 6) is -0.319. The van der Waals surface area contributed by atoms with Crippen molar-refractivity contribution < 1.29 is 4.39 Å². The Balaban J connectivity index is 2.38. The van der Waals surface area contributed by atoms with Crippen molar-refractivity contribution >= 4 is 31.9 Å². The molecule has 0 unspecified atom stereocenters. The van der Waals surface area contributed by atoms with Crippen LogP contribution in [0.1, 0.15) is 5.56 Å². The zero-order chi connectivity index (χ0) is 12.4. The molecule has 3 nitrogen and oxygen atoms in total. The number of hydrogen-bond acceptors (Lipinski definition) is 2. The van der Waals surface area contributed by atoms with Gasteiger partial charge < -0.3 is 0 Å². The molecular formula is C11H7Br2FN2O. The summed E-state index contributed by atoms with van der Waals surface area (Å²) in [7, 11) is 0. The summed E-state index contributed by atoms with van der Waals surface area (Å²) in [5, 5.41) is 0. The fourth-order valence-electron chi connectivity index (χ4n) is 1.37. The van der Waals surface area contributed by atoms with Gasteiger partial charge in [-0.1, -0.05) is 22.0 Å². The summed E-state index contributed by atoms with van der Waals surface area (Å²) < 4.78 is 15.4. The molecule has 1 aromatic heterocycles. The van der Waals surface area contributed by atoms with Gasteiger partial charge in [-0.15, -0.1) is 0 Å². The zero-order valence-electron chi connectivity index (χ0n) is 8.53. The Morgan fingerprint density at radius 1 is 1.29 bits per heavy atom. The van der Waals surface area contributed by atoms with Crippen LogP contribution in [0.2, 0.25) is 0 Å². The van der Waals surface area contributed by atoms with E-state index < -0.39 is 0 Å². The molecule has 0 N–H and O–H groups in total. The van der Waals surface area contributed by atoms with Crippen molar-refractivity contribution in [3.63, 3.8) is 0 Å². The average molecular weight is 362 g/mol. The van der Waals surface area contributed by atoms with E-state index in [9.17, 15) is 9.18 Å². The quantitative estimate of drug-likeness (QED) is 0.824. The Morgan fingerprint density at radius 2 is 2.06 bits per heavy atom. The number of benzene rings is 1. The minimum absolute atomic E-state index is 0.170.